The maximum absolute atomic E-state index is 12.9. The lowest BCUT2D eigenvalue weighted by atomic mass is 10.1. The Labute approximate surface area is 107 Å². The average Bonchev–Trinajstić information content (AvgIpc) is 2.21. The molecule has 0 aliphatic carbocycles. The van der Waals surface area contributed by atoms with Crippen molar-refractivity contribution in [2.75, 3.05) is 0 Å². The molecule has 0 spiro atoms. The monoisotopic (exact) mass is 340 g/mol. The Morgan fingerprint density at radius 1 is 0.857 bits per heavy atom. The molecule has 0 aromatic rings. The van der Waals surface area contributed by atoms with Crippen LogP contribution in [0.15, 0.2) is 0 Å². The summed E-state index contributed by atoms with van der Waals surface area (Å²) in [6, 6.07) is 0. The summed E-state index contributed by atoms with van der Waals surface area (Å²) in [6.07, 6.45) is -17.8. The molecule has 124 valence electrons. The van der Waals surface area contributed by atoms with Gasteiger partial charge in [-0.05, 0) is 0 Å². The van der Waals surface area contributed by atoms with Gasteiger partial charge >= 0.3 is 36.1 Å². The molecule has 0 heterocycles. The number of carbonyl (C=O) groups excluding carboxylic acids is 1. The second-order valence-corrected chi connectivity index (χ2v) is 3.32. The molecule has 4 nitrogen and oxygen atoms in total. The molecule has 0 bridgehead atoms. The molecule has 0 aliphatic heterocycles. The summed E-state index contributed by atoms with van der Waals surface area (Å²) in [4.78, 5) is 20.3. The molecule has 21 heavy (non-hydrogen) atoms. The van der Waals surface area contributed by atoms with E-state index in [2.05, 4.69) is 4.74 Å². The molecule has 1 atom stereocenters. The van der Waals surface area contributed by atoms with Crippen LogP contribution in [0.2, 0.25) is 0 Å². The number of ether oxygens (including phenoxy) is 1. The van der Waals surface area contributed by atoms with Gasteiger partial charge < -0.3 is 9.84 Å². The van der Waals surface area contributed by atoms with Crippen molar-refractivity contribution in [3.63, 3.8) is 0 Å². The van der Waals surface area contributed by atoms with Crippen LogP contribution in [0, 0.1) is 0 Å². The molecule has 0 rings (SSSR count). The predicted octanol–water partition coefficient (Wildman–Crippen LogP) is 2.38. The van der Waals surface area contributed by atoms with Gasteiger partial charge in [0.2, 0.25) is 0 Å². The van der Waals surface area contributed by atoms with E-state index in [0.29, 0.717) is 0 Å². The number of carboxylic acid groups (broad SMARTS) is 1. The van der Waals surface area contributed by atoms with E-state index < -0.39 is 42.2 Å². The second-order valence-electron chi connectivity index (χ2n) is 3.32. The third-order valence-electron chi connectivity index (χ3n) is 1.78. The SMILES string of the molecule is O=C(O)C(OC(=O)C(F)(F)F)C(F)(F)C(F)(F)C(F)(F)F. The standard InChI is InChI=1S/C7H2F10O4/c8-4(9,6(13,14)7(15,16)17)1(2(18)19)21-3(20)5(10,11)12/h1H,(H,18,19). The van der Waals surface area contributed by atoms with Crippen molar-refractivity contribution in [3.05, 3.63) is 0 Å². The van der Waals surface area contributed by atoms with Gasteiger partial charge in [-0.25, -0.2) is 9.59 Å². The van der Waals surface area contributed by atoms with E-state index in [1.54, 1.807) is 0 Å². The number of halogens is 10. The van der Waals surface area contributed by atoms with E-state index in [1.807, 2.05) is 0 Å². The van der Waals surface area contributed by atoms with E-state index in [-0.39, 0.29) is 0 Å². The first-order valence-electron chi connectivity index (χ1n) is 4.29. The van der Waals surface area contributed by atoms with Crippen molar-refractivity contribution in [3.8, 4) is 0 Å². The summed E-state index contributed by atoms with van der Waals surface area (Å²) >= 11 is 0. The van der Waals surface area contributed by atoms with Crippen molar-refractivity contribution >= 4 is 11.9 Å². The van der Waals surface area contributed by atoms with Crippen LogP contribution in [0.1, 0.15) is 0 Å². The number of esters is 1. The number of hydrogen-bond donors (Lipinski definition) is 1. The van der Waals surface area contributed by atoms with Gasteiger partial charge in [-0.15, -0.1) is 0 Å². The highest BCUT2D eigenvalue weighted by atomic mass is 19.4. The van der Waals surface area contributed by atoms with Gasteiger partial charge in [0.15, 0.2) is 0 Å². The Balaban J connectivity index is 5.68. The van der Waals surface area contributed by atoms with Gasteiger partial charge in [-0.3, -0.25) is 0 Å². The maximum Gasteiger partial charge on any atom is 0.490 e. The fraction of sp³-hybridized carbons (Fsp3) is 0.714. The fourth-order valence-corrected chi connectivity index (χ4v) is 0.807. The molecular weight excluding hydrogens is 338 g/mol. The lowest BCUT2D eigenvalue weighted by molar-refractivity contribution is -0.369. The van der Waals surface area contributed by atoms with Crippen LogP contribution in [-0.4, -0.2) is 47.3 Å². The third kappa shape index (κ3) is 3.66. The Morgan fingerprint density at radius 2 is 1.24 bits per heavy atom. The molecule has 0 saturated carbocycles. The maximum atomic E-state index is 12.9. The van der Waals surface area contributed by atoms with Gasteiger partial charge in [0.1, 0.15) is 0 Å². The lowest BCUT2D eigenvalue weighted by Crippen LogP contribution is -2.61. The average molecular weight is 340 g/mol. The zero-order chi connectivity index (χ0) is 17.4. The largest absolute Gasteiger partial charge is 0.490 e. The van der Waals surface area contributed by atoms with Crippen molar-refractivity contribution in [1.29, 1.82) is 0 Å². The molecular formula is C7H2F10O4. The molecule has 0 radical (unpaired) electrons. The van der Waals surface area contributed by atoms with Gasteiger partial charge in [0.25, 0.3) is 6.10 Å². The summed E-state index contributed by atoms with van der Waals surface area (Å²) in [5.74, 6) is -20.7. The van der Waals surface area contributed by atoms with E-state index >= 15 is 0 Å². The highest BCUT2D eigenvalue weighted by Gasteiger charge is 2.78. The lowest BCUT2D eigenvalue weighted by Gasteiger charge is -2.31. The molecule has 0 aromatic heterocycles. The van der Waals surface area contributed by atoms with Crippen molar-refractivity contribution in [2.24, 2.45) is 0 Å². The fourth-order valence-electron chi connectivity index (χ4n) is 0.807. The molecule has 0 aliphatic rings. The van der Waals surface area contributed by atoms with E-state index in [9.17, 15) is 53.5 Å². The number of hydrogen-bond acceptors (Lipinski definition) is 3. The number of carboxylic acids is 1. The van der Waals surface area contributed by atoms with Crippen molar-refractivity contribution in [2.45, 2.75) is 30.3 Å². The Hall–Kier alpha value is -1.76. The molecule has 0 saturated heterocycles. The molecule has 14 heteroatoms. The zero-order valence-electron chi connectivity index (χ0n) is 9.03. The van der Waals surface area contributed by atoms with Gasteiger partial charge in [-0.1, -0.05) is 0 Å². The van der Waals surface area contributed by atoms with Crippen LogP contribution < -0.4 is 0 Å². The van der Waals surface area contributed by atoms with Crippen LogP contribution >= 0.6 is 0 Å². The number of rotatable bonds is 4. The Morgan fingerprint density at radius 3 is 1.48 bits per heavy atom. The van der Waals surface area contributed by atoms with Gasteiger partial charge in [0.05, 0.1) is 0 Å². The quantitative estimate of drug-likeness (QED) is 0.631. The molecule has 1 unspecified atom stereocenters. The molecule has 0 amide bonds. The topological polar surface area (TPSA) is 63.6 Å². The highest BCUT2D eigenvalue weighted by Crippen LogP contribution is 2.49. The van der Waals surface area contributed by atoms with Crippen LogP contribution in [-0.2, 0) is 14.3 Å². The molecule has 0 fully saturated rings. The Kier molecular flexibility index (Phi) is 4.78. The van der Waals surface area contributed by atoms with E-state index in [4.69, 9.17) is 5.11 Å². The minimum Gasteiger partial charge on any atom is -0.478 e. The number of aliphatic carboxylic acids is 1. The first kappa shape index (κ1) is 19.2. The van der Waals surface area contributed by atoms with Crippen LogP contribution in [0.4, 0.5) is 43.9 Å². The smallest absolute Gasteiger partial charge is 0.478 e. The second kappa shape index (κ2) is 5.22. The van der Waals surface area contributed by atoms with Crippen LogP contribution in [0.3, 0.4) is 0 Å². The van der Waals surface area contributed by atoms with Gasteiger partial charge in [0, 0.05) is 0 Å². The first-order chi connectivity index (χ1) is 8.96. The van der Waals surface area contributed by atoms with E-state index in [0.717, 1.165) is 0 Å². The first-order valence-corrected chi connectivity index (χ1v) is 4.29. The van der Waals surface area contributed by atoms with E-state index in [1.165, 1.54) is 0 Å². The van der Waals surface area contributed by atoms with Crippen LogP contribution in [0.5, 0.6) is 0 Å². The predicted molar refractivity (Wildman–Crippen MR) is 39.5 cm³/mol. The van der Waals surface area contributed by atoms with Crippen molar-refractivity contribution in [1.82, 2.24) is 0 Å². The van der Waals surface area contributed by atoms with Gasteiger partial charge in [-0.2, -0.15) is 43.9 Å². The summed E-state index contributed by atoms with van der Waals surface area (Å²) < 4.78 is 123. The van der Waals surface area contributed by atoms with Crippen LogP contribution in [0.25, 0.3) is 0 Å². The molecule has 1 N–H and O–H groups in total. The summed E-state index contributed by atoms with van der Waals surface area (Å²) in [7, 11) is 0. The highest BCUT2D eigenvalue weighted by molar-refractivity contribution is 5.81. The minimum atomic E-state index is -7.06. The summed E-state index contributed by atoms with van der Waals surface area (Å²) in [5.41, 5.74) is 0. The number of carbonyl (C=O) groups is 2. The Bertz CT molecular complexity index is 422. The van der Waals surface area contributed by atoms with Crippen molar-refractivity contribution < 1.29 is 63.3 Å². The number of alkyl halides is 10. The summed E-state index contributed by atoms with van der Waals surface area (Å²) in [5, 5.41) is 8.03. The third-order valence-corrected chi connectivity index (χ3v) is 1.78. The normalized spacial score (nSPS) is 15.5. The molecule has 0 aromatic carbocycles. The zero-order valence-corrected chi connectivity index (χ0v) is 9.03. The summed E-state index contributed by atoms with van der Waals surface area (Å²) in [6.45, 7) is 0. The minimum absolute atomic E-state index is 2.53.